The first-order chi connectivity index (χ1) is 7.84. The molecule has 0 saturated carbocycles. The Labute approximate surface area is 91.2 Å². The second-order valence-electron chi connectivity index (χ2n) is 3.34. The minimum absolute atomic E-state index is 0.205. The molecule has 1 unspecified atom stereocenters. The van der Waals surface area contributed by atoms with Gasteiger partial charge in [-0.3, -0.25) is 4.79 Å². The Hall–Kier alpha value is -2.30. The van der Waals surface area contributed by atoms with E-state index in [2.05, 4.69) is 15.0 Å². The number of carbonyl (C=O) groups is 1. The lowest BCUT2D eigenvalue weighted by molar-refractivity contribution is -0.111. The lowest BCUT2D eigenvalue weighted by atomic mass is 10.2. The molecule has 0 aromatic heterocycles. The summed E-state index contributed by atoms with van der Waals surface area (Å²) in [5.74, 6) is -0.141. The molecule has 0 aliphatic carbocycles. The molecule has 1 amide bonds. The number of hydrogen-bond donors (Lipinski definition) is 0. The van der Waals surface area contributed by atoms with E-state index in [0.29, 0.717) is 0 Å². The average Bonchev–Trinajstić information content (AvgIpc) is 2.76. The van der Waals surface area contributed by atoms with Gasteiger partial charge < -0.3 is 4.74 Å². The van der Waals surface area contributed by atoms with E-state index in [9.17, 15) is 4.79 Å². The highest BCUT2D eigenvalue weighted by Gasteiger charge is 2.32. The smallest absolute Gasteiger partial charge is 0.302 e. The van der Waals surface area contributed by atoms with Gasteiger partial charge >= 0.3 is 5.91 Å². The van der Waals surface area contributed by atoms with Gasteiger partial charge in [0.05, 0.1) is 0 Å². The Morgan fingerprint density at radius 3 is 2.75 bits per heavy atom. The number of rotatable bonds is 1. The predicted molar refractivity (Wildman–Crippen MR) is 58.6 cm³/mol. The third-order valence-corrected chi connectivity index (χ3v) is 2.31. The first-order valence-corrected chi connectivity index (χ1v) is 4.79. The van der Waals surface area contributed by atoms with Crippen molar-refractivity contribution in [1.29, 1.82) is 0 Å². The third-order valence-electron chi connectivity index (χ3n) is 2.31. The summed E-state index contributed by atoms with van der Waals surface area (Å²) in [5.41, 5.74) is 1.09. The molecule has 1 aromatic rings. The fraction of sp³-hybridized carbons (Fsp3) is 0.0909. The van der Waals surface area contributed by atoms with Crippen molar-refractivity contribution in [3.05, 3.63) is 35.9 Å². The van der Waals surface area contributed by atoms with Gasteiger partial charge in [0, 0.05) is 5.56 Å². The molecule has 0 N–H and O–H groups in total. The molecular formula is C11H7N3O2. The van der Waals surface area contributed by atoms with E-state index in [0.717, 1.165) is 5.56 Å². The normalized spacial score (nSPS) is 22.2. The largest absolute Gasteiger partial charge is 0.446 e. The molecule has 0 fully saturated rings. The zero-order valence-corrected chi connectivity index (χ0v) is 8.20. The maximum Gasteiger partial charge on any atom is 0.302 e. The van der Waals surface area contributed by atoms with E-state index >= 15 is 0 Å². The molecule has 2 heterocycles. The number of aliphatic imine (C=N–C) groups is 3. The van der Waals surface area contributed by atoms with Crippen LogP contribution in [0.4, 0.5) is 0 Å². The van der Waals surface area contributed by atoms with Crippen molar-refractivity contribution < 1.29 is 9.53 Å². The van der Waals surface area contributed by atoms with Crippen LogP contribution in [0.5, 0.6) is 0 Å². The molecule has 0 saturated heterocycles. The number of fused-ring (bicyclic) bond motifs is 1. The average molecular weight is 213 g/mol. The number of amides is 1. The summed E-state index contributed by atoms with van der Waals surface area (Å²) in [7, 11) is 0. The maximum absolute atomic E-state index is 11.4. The van der Waals surface area contributed by atoms with Crippen molar-refractivity contribution in [2.75, 3.05) is 0 Å². The quantitative estimate of drug-likeness (QED) is 0.701. The van der Waals surface area contributed by atoms with Gasteiger partial charge in [-0.1, -0.05) is 30.3 Å². The predicted octanol–water partition coefficient (Wildman–Crippen LogP) is 1.12. The Balaban J connectivity index is 1.97. The molecule has 2 aliphatic rings. The Morgan fingerprint density at radius 2 is 2.00 bits per heavy atom. The molecule has 3 rings (SSSR count). The van der Waals surface area contributed by atoms with E-state index in [-0.39, 0.29) is 11.6 Å². The first kappa shape index (κ1) is 8.96. The summed E-state index contributed by atoms with van der Waals surface area (Å²) in [5, 5.41) is 0. The van der Waals surface area contributed by atoms with E-state index < -0.39 is 12.1 Å². The number of hydrogen-bond acceptors (Lipinski definition) is 4. The van der Waals surface area contributed by atoms with Crippen LogP contribution >= 0.6 is 0 Å². The molecular weight excluding hydrogens is 206 g/mol. The van der Waals surface area contributed by atoms with Gasteiger partial charge in [-0.05, 0) is 0 Å². The SMILES string of the molecule is O=C1N=CN=C2OC(c3ccccc3)N=C12. The molecule has 0 spiro atoms. The lowest BCUT2D eigenvalue weighted by Gasteiger charge is -2.07. The van der Waals surface area contributed by atoms with Gasteiger partial charge in [-0.15, -0.1) is 0 Å². The first-order valence-electron chi connectivity index (χ1n) is 4.79. The molecule has 0 radical (unpaired) electrons. The highest BCUT2D eigenvalue weighted by molar-refractivity contribution is 6.67. The Bertz CT molecular complexity index is 531. The van der Waals surface area contributed by atoms with Gasteiger partial charge in [0.15, 0.2) is 5.71 Å². The van der Waals surface area contributed by atoms with Crippen LogP contribution in [0.25, 0.3) is 0 Å². The van der Waals surface area contributed by atoms with Gasteiger partial charge in [0.25, 0.3) is 0 Å². The van der Waals surface area contributed by atoms with E-state index in [1.165, 1.54) is 6.34 Å². The van der Waals surface area contributed by atoms with Crippen LogP contribution < -0.4 is 0 Å². The van der Waals surface area contributed by atoms with Crippen molar-refractivity contribution in [2.45, 2.75) is 6.23 Å². The van der Waals surface area contributed by atoms with Crippen molar-refractivity contribution in [3.63, 3.8) is 0 Å². The molecule has 78 valence electrons. The fourth-order valence-electron chi connectivity index (χ4n) is 1.55. The second-order valence-corrected chi connectivity index (χ2v) is 3.34. The van der Waals surface area contributed by atoms with E-state index in [4.69, 9.17) is 4.74 Å². The van der Waals surface area contributed by atoms with Crippen molar-refractivity contribution >= 4 is 23.9 Å². The molecule has 0 bridgehead atoms. The molecule has 5 nitrogen and oxygen atoms in total. The molecule has 2 aliphatic heterocycles. The number of nitrogens with zero attached hydrogens (tertiary/aromatic N) is 3. The zero-order valence-electron chi connectivity index (χ0n) is 8.20. The van der Waals surface area contributed by atoms with Crippen LogP contribution in [-0.2, 0) is 9.53 Å². The standard InChI is InChI=1S/C11H7N3O2/c15-9-8-11(13-6-12-9)16-10(14-8)7-4-2-1-3-5-7/h1-6,10H. The summed E-state index contributed by atoms with van der Waals surface area (Å²) < 4.78 is 5.46. The topological polar surface area (TPSA) is 63.4 Å². The lowest BCUT2D eigenvalue weighted by Crippen LogP contribution is -2.23. The number of carbonyl (C=O) groups excluding carboxylic acids is 1. The van der Waals surface area contributed by atoms with Crippen LogP contribution in [0.15, 0.2) is 45.3 Å². The maximum atomic E-state index is 11.4. The monoisotopic (exact) mass is 213 g/mol. The van der Waals surface area contributed by atoms with Crippen LogP contribution in [0, 0.1) is 0 Å². The fourth-order valence-corrected chi connectivity index (χ4v) is 1.55. The van der Waals surface area contributed by atoms with Gasteiger partial charge in [0.1, 0.15) is 6.34 Å². The summed E-state index contributed by atoms with van der Waals surface area (Å²) >= 11 is 0. The minimum Gasteiger partial charge on any atom is -0.446 e. The van der Waals surface area contributed by atoms with Crippen molar-refractivity contribution in [2.24, 2.45) is 15.0 Å². The molecule has 1 aromatic carbocycles. The van der Waals surface area contributed by atoms with Crippen molar-refractivity contribution in [3.8, 4) is 0 Å². The highest BCUT2D eigenvalue weighted by Crippen LogP contribution is 2.25. The van der Waals surface area contributed by atoms with Crippen LogP contribution in [-0.4, -0.2) is 23.9 Å². The number of ether oxygens (including phenoxy) is 1. The van der Waals surface area contributed by atoms with E-state index in [1.54, 1.807) is 0 Å². The third kappa shape index (κ3) is 1.33. The molecule has 16 heavy (non-hydrogen) atoms. The van der Waals surface area contributed by atoms with Crippen molar-refractivity contribution in [1.82, 2.24) is 0 Å². The zero-order chi connectivity index (χ0) is 11.0. The molecule has 1 atom stereocenters. The molecule has 5 heteroatoms. The van der Waals surface area contributed by atoms with Gasteiger partial charge in [-0.25, -0.2) is 4.99 Å². The van der Waals surface area contributed by atoms with E-state index in [1.807, 2.05) is 30.3 Å². The van der Waals surface area contributed by atoms with Crippen LogP contribution in [0.1, 0.15) is 11.8 Å². The Kier molecular flexibility index (Phi) is 1.89. The number of benzene rings is 1. The summed E-state index contributed by atoms with van der Waals surface area (Å²) in [6, 6.07) is 9.46. The highest BCUT2D eigenvalue weighted by atomic mass is 16.5. The Morgan fingerprint density at radius 1 is 1.19 bits per heavy atom. The van der Waals surface area contributed by atoms with Crippen LogP contribution in [0.2, 0.25) is 0 Å². The minimum atomic E-state index is -0.486. The van der Waals surface area contributed by atoms with Gasteiger partial charge in [-0.2, -0.15) is 9.98 Å². The summed E-state index contributed by atoms with van der Waals surface area (Å²) in [4.78, 5) is 22.9. The van der Waals surface area contributed by atoms with Crippen LogP contribution in [0.3, 0.4) is 0 Å². The van der Waals surface area contributed by atoms with Gasteiger partial charge in [0.2, 0.25) is 12.1 Å². The second kappa shape index (κ2) is 3.37. The summed E-state index contributed by atoms with van der Waals surface area (Å²) in [6.45, 7) is 0. The summed E-state index contributed by atoms with van der Waals surface area (Å²) in [6.07, 6.45) is 0.699.